The van der Waals surface area contributed by atoms with Crippen molar-refractivity contribution in [2.75, 3.05) is 7.05 Å². The van der Waals surface area contributed by atoms with E-state index in [9.17, 15) is 14.9 Å². The molecule has 0 fully saturated rings. The van der Waals surface area contributed by atoms with E-state index in [-0.39, 0.29) is 11.6 Å². The largest absolute Gasteiger partial charge is 0.356 e. The van der Waals surface area contributed by atoms with Gasteiger partial charge in [-0.05, 0) is 26.0 Å². The average molecular weight is 248 g/mol. The molecule has 6 heteroatoms. The van der Waals surface area contributed by atoms with Crippen LogP contribution >= 0.6 is 0 Å². The third-order valence-electron chi connectivity index (χ3n) is 2.96. The molecule has 0 spiro atoms. The monoisotopic (exact) mass is 248 g/mol. The zero-order valence-electron chi connectivity index (χ0n) is 10.4. The van der Waals surface area contributed by atoms with Crippen LogP contribution < -0.4 is 4.99 Å². The van der Waals surface area contributed by atoms with Crippen molar-refractivity contribution in [3.8, 4) is 0 Å². The van der Waals surface area contributed by atoms with Crippen molar-refractivity contribution < 1.29 is 14.7 Å². The Morgan fingerprint density at radius 3 is 2.22 bits per heavy atom. The molecule has 0 aromatic heterocycles. The first kappa shape index (κ1) is 12.2. The lowest BCUT2D eigenvalue weighted by atomic mass is 10.1. The van der Waals surface area contributed by atoms with E-state index in [0.717, 1.165) is 5.56 Å². The van der Waals surface area contributed by atoms with E-state index >= 15 is 0 Å². The molecular weight excluding hydrogens is 234 g/mol. The lowest BCUT2D eigenvalue weighted by Crippen LogP contribution is -2.83. The Bertz CT molecular complexity index is 546. The third-order valence-corrected chi connectivity index (χ3v) is 2.96. The summed E-state index contributed by atoms with van der Waals surface area (Å²) in [5.41, 5.74) is 0.138. The first-order valence-electron chi connectivity index (χ1n) is 5.51. The lowest BCUT2D eigenvalue weighted by Gasteiger charge is -2.07. The molecule has 0 saturated carbocycles. The Labute approximate surface area is 104 Å². The van der Waals surface area contributed by atoms with Gasteiger partial charge in [-0.2, -0.15) is 4.90 Å². The fourth-order valence-corrected chi connectivity index (χ4v) is 1.96. The molecular formula is C12H14N3O3+. The van der Waals surface area contributed by atoms with E-state index in [4.69, 9.17) is 0 Å². The van der Waals surface area contributed by atoms with Gasteiger partial charge in [-0.1, -0.05) is 0 Å². The standard InChI is InChI=1S/C12H13N3O3/c1-12(2)11(16)14(3)10(13-12)8-4-6-9(7-5-8)15(17)18/h4-7H,1-3H3/p+1. The van der Waals surface area contributed by atoms with Crippen LogP contribution in [0.3, 0.4) is 0 Å². The summed E-state index contributed by atoms with van der Waals surface area (Å²) in [5.74, 6) is 0.635. The molecule has 94 valence electrons. The normalized spacial score (nSPS) is 17.8. The zero-order valence-corrected chi connectivity index (χ0v) is 10.4. The van der Waals surface area contributed by atoms with Gasteiger partial charge in [0.1, 0.15) is 0 Å². The first-order valence-corrected chi connectivity index (χ1v) is 5.51. The zero-order chi connectivity index (χ0) is 13.5. The number of nitro groups is 1. The van der Waals surface area contributed by atoms with Gasteiger partial charge in [0.2, 0.25) is 0 Å². The molecule has 1 aromatic rings. The Morgan fingerprint density at radius 2 is 1.83 bits per heavy atom. The SMILES string of the molecule is CN1C(=O)C(C)(C)[NH+]=C1c1ccc([N+](=O)[O-])cc1. The van der Waals surface area contributed by atoms with Gasteiger partial charge in [-0.15, -0.1) is 0 Å². The quantitative estimate of drug-likeness (QED) is 0.575. The van der Waals surface area contributed by atoms with Gasteiger partial charge in [-0.3, -0.25) is 15.1 Å². The molecule has 0 unspecified atom stereocenters. The van der Waals surface area contributed by atoms with Gasteiger partial charge < -0.3 is 0 Å². The predicted octanol–water partition coefficient (Wildman–Crippen LogP) is -0.327. The number of benzene rings is 1. The summed E-state index contributed by atoms with van der Waals surface area (Å²) in [6.07, 6.45) is 0. The van der Waals surface area contributed by atoms with Crippen LogP contribution in [0.1, 0.15) is 19.4 Å². The maximum Gasteiger partial charge on any atom is 0.356 e. The minimum absolute atomic E-state index is 0.0316. The van der Waals surface area contributed by atoms with Crippen LogP contribution in [0, 0.1) is 10.1 Å². The maximum absolute atomic E-state index is 11.9. The number of carbonyl (C=O) groups is 1. The molecule has 18 heavy (non-hydrogen) atoms. The molecule has 1 amide bonds. The van der Waals surface area contributed by atoms with E-state index in [0.29, 0.717) is 5.84 Å². The summed E-state index contributed by atoms with van der Waals surface area (Å²) < 4.78 is 0. The number of hydrogen-bond acceptors (Lipinski definition) is 3. The number of likely N-dealkylation sites (N-methyl/N-ethyl adjacent to an activating group) is 1. The number of carbonyl (C=O) groups excluding carboxylic acids is 1. The Balaban J connectivity index is 2.39. The number of non-ortho nitro benzene ring substituents is 1. The van der Waals surface area contributed by atoms with Crippen LogP contribution in [0.2, 0.25) is 0 Å². The predicted molar refractivity (Wildman–Crippen MR) is 65.0 cm³/mol. The number of rotatable bonds is 2. The van der Waals surface area contributed by atoms with Crippen molar-refractivity contribution in [3.63, 3.8) is 0 Å². The number of amides is 1. The Kier molecular flexibility index (Phi) is 2.65. The highest BCUT2D eigenvalue weighted by Gasteiger charge is 2.46. The van der Waals surface area contributed by atoms with Crippen LogP contribution in [0.5, 0.6) is 0 Å². The third kappa shape index (κ3) is 1.85. The summed E-state index contributed by atoms with van der Waals surface area (Å²) in [6.45, 7) is 3.59. The number of nitrogens with zero attached hydrogens (tertiary/aromatic N) is 2. The van der Waals surface area contributed by atoms with Crippen LogP contribution in [-0.2, 0) is 4.79 Å². The van der Waals surface area contributed by atoms with Crippen LogP contribution in [0.25, 0.3) is 0 Å². The van der Waals surface area contributed by atoms with Crippen molar-refractivity contribution >= 4 is 17.4 Å². The van der Waals surface area contributed by atoms with Gasteiger partial charge in [0.15, 0.2) is 5.54 Å². The van der Waals surface area contributed by atoms with E-state index in [1.165, 1.54) is 17.0 Å². The fourth-order valence-electron chi connectivity index (χ4n) is 1.96. The van der Waals surface area contributed by atoms with E-state index in [1.54, 1.807) is 33.0 Å². The summed E-state index contributed by atoms with van der Waals surface area (Å²) in [7, 11) is 1.68. The van der Waals surface area contributed by atoms with Crippen molar-refractivity contribution in [1.82, 2.24) is 4.90 Å². The first-order chi connectivity index (χ1) is 8.33. The second-order valence-corrected chi connectivity index (χ2v) is 4.77. The minimum Gasteiger partial charge on any atom is -0.258 e. The summed E-state index contributed by atoms with van der Waals surface area (Å²) in [4.78, 5) is 26.7. The van der Waals surface area contributed by atoms with Gasteiger partial charge in [-0.25, -0.2) is 4.79 Å². The molecule has 0 radical (unpaired) electrons. The maximum atomic E-state index is 11.9. The van der Waals surface area contributed by atoms with Crippen LogP contribution in [0.4, 0.5) is 5.69 Å². The van der Waals surface area contributed by atoms with Gasteiger partial charge >= 0.3 is 5.91 Å². The molecule has 0 atom stereocenters. The van der Waals surface area contributed by atoms with E-state index in [1.807, 2.05) is 0 Å². The van der Waals surface area contributed by atoms with Gasteiger partial charge in [0.25, 0.3) is 11.5 Å². The van der Waals surface area contributed by atoms with E-state index < -0.39 is 10.5 Å². The van der Waals surface area contributed by atoms with Crippen molar-refractivity contribution in [2.24, 2.45) is 0 Å². The molecule has 1 aromatic carbocycles. The molecule has 6 nitrogen and oxygen atoms in total. The highest BCUT2D eigenvalue weighted by Crippen LogP contribution is 2.15. The van der Waals surface area contributed by atoms with Crippen LogP contribution in [-0.4, -0.2) is 34.2 Å². The Hall–Kier alpha value is -2.24. The van der Waals surface area contributed by atoms with Crippen molar-refractivity contribution in [3.05, 3.63) is 39.9 Å². The summed E-state index contributed by atoms with van der Waals surface area (Å²) in [5, 5.41) is 10.6. The van der Waals surface area contributed by atoms with E-state index in [2.05, 4.69) is 4.99 Å². The highest BCUT2D eigenvalue weighted by molar-refractivity contribution is 6.09. The van der Waals surface area contributed by atoms with Crippen molar-refractivity contribution in [2.45, 2.75) is 19.4 Å². The molecule has 1 N–H and O–H groups in total. The molecule has 2 rings (SSSR count). The molecule has 0 saturated heterocycles. The molecule has 1 aliphatic heterocycles. The summed E-state index contributed by atoms with van der Waals surface area (Å²) >= 11 is 0. The number of amidine groups is 1. The highest BCUT2D eigenvalue weighted by atomic mass is 16.6. The fraction of sp³-hybridized carbons (Fsp3) is 0.333. The van der Waals surface area contributed by atoms with Gasteiger partial charge in [0, 0.05) is 12.1 Å². The second-order valence-electron chi connectivity index (χ2n) is 4.77. The topological polar surface area (TPSA) is 77.4 Å². The minimum atomic E-state index is -0.647. The molecule has 1 heterocycles. The van der Waals surface area contributed by atoms with Crippen LogP contribution in [0.15, 0.2) is 24.3 Å². The van der Waals surface area contributed by atoms with Crippen molar-refractivity contribution in [1.29, 1.82) is 0 Å². The molecule has 0 bridgehead atoms. The second kappa shape index (κ2) is 3.90. The van der Waals surface area contributed by atoms with Gasteiger partial charge in [0.05, 0.1) is 17.5 Å². The average Bonchev–Trinajstić information content (AvgIpc) is 2.53. The number of nitro benzene ring substituents is 1. The molecule has 1 aliphatic rings. The molecule has 0 aliphatic carbocycles. The number of nitrogens with one attached hydrogen (secondary N) is 1. The number of hydrogen-bond donors (Lipinski definition) is 1. The summed E-state index contributed by atoms with van der Waals surface area (Å²) in [6, 6.07) is 6.11. The lowest BCUT2D eigenvalue weighted by molar-refractivity contribution is -0.518. The Morgan fingerprint density at radius 1 is 1.28 bits per heavy atom. The smallest absolute Gasteiger partial charge is 0.258 e.